The van der Waals surface area contributed by atoms with Crippen LogP contribution in [0, 0.1) is 23.7 Å². The molecule has 186 valence electrons. The van der Waals surface area contributed by atoms with Gasteiger partial charge in [0.25, 0.3) is 5.91 Å². The molecule has 1 aliphatic carbocycles. The normalized spacial score (nSPS) is 21.9. The van der Waals surface area contributed by atoms with Crippen LogP contribution in [0.2, 0.25) is 0 Å². The zero-order chi connectivity index (χ0) is 24.7. The first-order chi connectivity index (χ1) is 16.3. The number of carbonyl (C=O) groups is 2. The quantitative estimate of drug-likeness (QED) is 0.641. The Kier molecular flexibility index (Phi) is 9.31. The van der Waals surface area contributed by atoms with Crippen molar-refractivity contribution in [3.63, 3.8) is 0 Å². The van der Waals surface area contributed by atoms with Crippen LogP contribution in [0.15, 0.2) is 12.3 Å². The molecule has 0 bridgehead atoms. The van der Waals surface area contributed by atoms with Gasteiger partial charge >= 0.3 is 0 Å². The molecule has 3 atom stereocenters. The number of carbonyl (C=O) groups excluding carboxylic acids is 2. The Balaban J connectivity index is 1.88. The average molecular weight is 472 g/mol. The molecule has 0 radical (unpaired) electrons. The number of aliphatic hydroxyl groups is 1. The first-order valence-electron chi connectivity index (χ1n) is 12.2. The standard InChI is InChI=1S/C26H37N3O5/c1-18-15-29(19(2)17-30)26(32)22-13-20(9-8-12-33-4)14-27-24(22)34-23(18)16-28(3)25(31)21-10-6-5-7-11-21/h13-14,18-19,21,23,30H,5-7,10-12,15-17H2,1-4H3/t18-,19-,23+/m1/s1. The van der Waals surface area contributed by atoms with Crippen LogP contribution in [0.5, 0.6) is 5.88 Å². The van der Waals surface area contributed by atoms with Crippen molar-refractivity contribution < 1.29 is 24.2 Å². The Hall–Kier alpha value is -2.63. The fraction of sp³-hybridized carbons (Fsp3) is 0.654. The van der Waals surface area contributed by atoms with Crippen LogP contribution < -0.4 is 4.74 Å². The van der Waals surface area contributed by atoms with Crippen LogP contribution in [-0.2, 0) is 9.53 Å². The van der Waals surface area contributed by atoms with E-state index < -0.39 is 0 Å². The van der Waals surface area contributed by atoms with Crippen molar-refractivity contribution in [3.05, 3.63) is 23.4 Å². The van der Waals surface area contributed by atoms with Crippen molar-refractivity contribution in [2.24, 2.45) is 11.8 Å². The zero-order valence-corrected chi connectivity index (χ0v) is 20.7. The summed E-state index contributed by atoms with van der Waals surface area (Å²) < 4.78 is 11.3. The van der Waals surface area contributed by atoms with Crippen LogP contribution in [0.25, 0.3) is 0 Å². The smallest absolute Gasteiger partial charge is 0.259 e. The van der Waals surface area contributed by atoms with Gasteiger partial charge in [0.05, 0.1) is 19.2 Å². The molecular weight excluding hydrogens is 434 g/mol. The third kappa shape index (κ3) is 6.28. The van der Waals surface area contributed by atoms with Gasteiger partial charge in [0.2, 0.25) is 11.8 Å². The highest BCUT2D eigenvalue weighted by Gasteiger charge is 2.35. The Morgan fingerprint density at radius 3 is 2.79 bits per heavy atom. The van der Waals surface area contributed by atoms with Crippen molar-refractivity contribution in [1.82, 2.24) is 14.8 Å². The molecule has 1 aromatic rings. The van der Waals surface area contributed by atoms with Crippen molar-refractivity contribution in [2.75, 3.05) is 40.5 Å². The second-order valence-electron chi connectivity index (χ2n) is 9.49. The highest BCUT2D eigenvalue weighted by atomic mass is 16.5. The van der Waals surface area contributed by atoms with Crippen molar-refractivity contribution in [2.45, 2.75) is 58.1 Å². The minimum Gasteiger partial charge on any atom is -0.472 e. The minimum atomic E-state index is -0.369. The van der Waals surface area contributed by atoms with Crippen LogP contribution >= 0.6 is 0 Å². The van der Waals surface area contributed by atoms with Gasteiger partial charge in [-0.05, 0) is 25.8 Å². The Morgan fingerprint density at radius 1 is 1.38 bits per heavy atom. The zero-order valence-electron chi connectivity index (χ0n) is 20.7. The number of fused-ring (bicyclic) bond motifs is 1. The fourth-order valence-electron chi connectivity index (χ4n) is 4.62. The maximum absolute atomic E-state index is 13.4. The molecule has 0 unspecified atom stereocenters. The molecule has 1 N–H and O–H groups in total. The van der Waals surface area contributed by atoms with Crippen molar-refractivity contribution >= 4 is 11.8 Å². The number of ether oxygens (including phenoxy) is 2. The molecule has 1 fully saturated rings. The molecule has 2 amide bonds. The predicted molar refractivity (Wildman–Crippen MR) is 128 cm³/mol. The maximum Gasteiger partial charge on any atom is 0.259 e. The third-order valence-corrected chi connectivity index (χ3v) is 6.75. The fourth-order valence-corrected chi connectivity index (χ4v) is 4.62. The number of aliphatic hydroxyl groups excluding tert-OH is 1. The molecule has 1 aliphatic heterocycles. The summed E-state index contributed by atoms with van der Waals surface area (Å²) in [5, 5.41) is 9.80. The van der Waals surface area contributed by atoms with Gasteiger partial charge in [-0.2, -0.15) is 0 Å². The monoisotopic (exact) mass is 471 g/mol. The summed E-state index contributed by atoms with van der Waals surface area (Å²) in [5.74, 6) is 5.96. The number of likely N-dealkylation sites (N-methyl/N-ethyl adjacent to an activating group) is 1. The maximum atomic E-state index is 13.4. The molecule has 1 saturated carbocycles. The van der Waals surface area contributed by atoms with Crippen LogP contribution in [0.4, 0.5) is 0 Å². The van der Waals surface area contributed by atoms with Gasteiger partial charge in [-0.1, -0.05) is 38.0 Å². The first kappa shape index (κ1) is 26.0. The molecule has 1 aromatic heterocycles. The number of rotatable bonds is 6. The summed E-state index contributed by atoms with van der Waals surface area (Å²) >= 11 is 0. The lowest BCUT2D eigenvalue weighted by Gasteiger charge is -2.38. The molecule has 34 heavy (non-hydrogen) atoms. The van der Waals surface area contributed by atoms with E-state index in [1.807, 2.05) is 20.9 Å². The van der Waals surface area contributed by atoms with E-state index in [0.29, 0.717) is 24.2 Å². The summed E-state index contributed by atoms with van der Waals surface area (Å²) in [4.78, 5) is 34.3. The molecule has 0 saturated heterocycles. The summed E-state index contributed by atoms with van der Waals surface area (Å²) in [5.41, 5.74) is 0.891. The minimum absolute atomic E-state index is 0.0734. The van der Waals surface area contributed by atoms with Gasteiger partial charge in [-0.15, -0.1) is 0 Å². The number of hydrogen-bond donors (Lipinski definition) is 1. The summed E-state index contributed by atoms with van der Waals surface area (Å²) in [6.07, 6.45) is 6.51. The van der Waals surface area contributed by atoms with E-state index in [9.17, 15) is 14.7 Å². The molecule has 2 heterocycles. The Labute approximate surface area is 202 Å². The van der Waals surface area contributed by atoms with Crippen LogP contribution in [-0.4, -0.2) is 84.3 Å². The Morgan fingerprint density at radius 2 is 2.12 bits per heavy atom. The lowest BCUT2D eigenvalue weighted by atomic mass is 9.88. The summed E-state index contributed by atoms with van der Waals surface area (Å²) in [6, 6.07) is 1.31. The van der Waals surface area contributed by atoms with Crippen molar-refractivity contribution in [1.29, 1.82) is 0 Å². The molecule has 8 heteroatoms. The second kappa shape index (κ2) is 12.2. The van der Waals surface area contributed by atoms with Gasteiger partial charge in [0.1, 0.15) is 18.3 Å². The molecule has 3 rings (SSSR count). The predicted octanol–water partition coefficient (Wildman–Crippen LogP) is 2.34. The summed E-state index contributed by atoms with van der Waals surface area (Å²) in [6.45, 7) is 4.74. The first-order valence-corrected chi connectivity index (χ1v) is 12.2. The van der Waals surface area contributed by atoms with Crippen molar-refractivity contribution in [3.8, 4) is 17.7 Å². The molecule has 0 aromatic carbocycles. The molecule has 8 nitrogen and oxygen atoms in total. The van der Waals surface area contributed by atoms with E-state index in [1.54, 1.807) is 29.2 Å². The van der Waals surface area contributed by atoms with Gasteiger partial charge in [-0.3, -0.25) is 9.59 Å². The molecule has 2 aliphatic rings. The summed E-state index contributed by atoms with van der Waals surface area (Å²) in [7, 11) is 3.39. The van der Waals surface area contributed by atoms with Crippen LogP contribution in [0.3, 0.4) is 0 Å². The number of nitrogens with zero attached hydrogens (tertiary/aromatic N) is 3. The number of hydrogen-bond acceptors (Lipinski definition) is 6. The van der Waals surface area contributed by atoms with Crippen LogP contribution in [0.1, 0.15) is 61.9 Å². The number of pyridine rings is 1. The van der Waals surface area contributed by atoms with E-state index in [-0.39, 0.29) is 54.9 Å². The number of methoxy groups -OCH3 is 1. The lowest BCUT2D eigenvalue weighted by molar-refractivity contribution is -0.136. The molecular formula is C26H37N3O5. The highest BCUT2D eigenvalue weighted by molar-refractivity contribution is 5.97. The number of aromatic nitrogens is 1. The van der Waals surface area contributed by atoms with Gasteiger partial charge in [0, 0.05) is 44.3 Å². The largest absolute Gasteiger partial charge is 0.472 e. The third-order valence-electron chi connectivity index (χ3n) is 6.75. The number of amides is 2. The Bertz CT molecular complexity index is 919. The van der Waals surface area contributed by atoms with Gasteiger partial charge in [0.15, 0.2) is 0 Å². The topological polar surface area (TPSA) is 92.2 Å². The second-order valence-corrected chi connectivity index (χ2v) is 9.49. The van der Waals surface area contributed by atoms with E-state index in [4.69, 9.17) is 9.47 Å². The van der Waals surface area contributed by atoms with E-state index in [1.165, 1.54) is 6.42 Å². The van der Waals surface area contributed by atoms with Gasteiger partial charge < -0.3 is 24.4 Å². The van der Waals surface area contributed by atoms with E-state index in [0.717, 1.165) is 25.7 Å². The average Bonchev–Trinajstić information content (AvgIpc) is 2.86. The van der Waals surface area contributed by atoms with Gasteiger partial charge in [-0.25, -0.2) is 4.98 Å². The molecule has 0 spiro atoms. The SMILES string of the molecule is COCC#Cc1cnc2c(c1)C(=O)N([C@H](C)CO)C[C@@H](C)[C@H](CN(C)C(=O)C1CCCCC1)O2. The van der Waals surface area contributed by atoms with E-state index in [2.05, 4.69) is 16.8 Å². The highest BCUT2D eigenvalue weighted by Crippen LogP contribution is 2.29. The lowest BCUT2D eigenvalue weighted by Crippen LogP contribution is -2.51. The van der Waals surface area contributed by atoms with E-state index >= 15 is 0 Å².